The van der Waals surface area contributed by atoms with Crippen LogP contribution in [0.4, 0.5) is 5.69 Å². The van der Waals surface area contributed by atoms with E-state index in [1.165, 1.54) is 6.26 Å². The largest absolute Gasteiger partial charge is 0.469 e. The van der Waals surface area contributed by atoms with Gasteiger partial charge in [0.05, 0.1) is 29.9 Å². The molecule has 0 aliphatic carbocycles. The van der Waals surface area contributed by atoms with Gasteiger partial charge in [-0.05, 0) is 32.9 Å². The van der Waals surface area contributed by atoms with Gasteiger partial charge < -0.3 is 9.73 Å². The molecule has 3 heterocycles. The lowest BCUT2D eigenvalue weighted by atomic mass is 10.2. The summed E-state index contributed by atoms with van der Waals surface area (Å²) in [6.45, 7) is 5.85. The summed E-state index contributed by atoms with van der Waals surface area (Å²) in [5, 5.41) is 8.02. The van der Waals surface area contributed by atoms with Crippen LogP contribution in [0.3, 0.4) is 0 Å². The molecule has 0 bridgehead atoms. The highest BCUT2D eigenvalue weighted by atomic mass is 16.3. The molecule has 0 aromatic carbocycles. The second-order valence-corrected chi connectivity index (χ2v) is 5.16. The molecule has 1 amide bonds. The molecule has 108 valence electrons. The first-order valence-corrected chi connectivity index (χ1v) is 6.75. The number of fused-ring (bicyclic) bond motifs is 1. The summed E-state index contributed by atoms with van der Waals surface area (Å²) >= 11 is 0. The molecule has 0 radical (unpaired) electrons. The minimum absolute atomic E-state index is 0.210. The predicted octanol–water partition coefficient (Wildman–Crippen LogP) is 3.17. The van der Waals surface area contributed by atoms with E-state index in [1.54, 1.807) is 25.4 Å². The Hall–Kier alpha value is -2.63. The van der Waals surface area contributed by atoms with Gasteiger partial charge >= 0.3 is 0 Å². The predicted molar refractivity (Wildman–Crippen MR) is 79.3 cm³/mol. The molecule has 0 spiro atoms. The molecule has 0 aliphatic rings. The number of anilines is 1. The molecular formula is C15H16N4O2. The summed E-state index contributed by atoms with van der Waals surface area (Å²) in [6.07, 6.45) is 4.88. The Morgan fingerprint density at radius 1 is 1.38 bits per heavy atom. The van der Waals surface area contributed by atoms with Crippen molar-refractivity contribution in [3.05, 3.63) is 42.1 Å². The summed E-state index contributed by atoms with van der Waals surface area (Å²) in [7, 11) is 0. The van der Waals surface area contributed by atoms with Crippen molar-refractivity contribution in [3.63, 3.8) is 0 Å². The first-order chi connectivity index (χ1) is 10.1. The Bertz CT molecular complexity index is 801. The summed E-state index contributed by atoms with van der Waals surface area (Å²) in [4.78, 5) is 16.5. The van der Waals surface area contributed by atoms with Gasteiger partial charge in [-0.2, -0.15) is 5.10 Å². The van der Waals surface area contributed by atoms with Gasteiger partial charge in [0.15, 0.2) is 5.65 Å². The maximum absolute atomic E-state index is 12.1. The van der Waals surface area contributed by atoms with Gasteiger partial charge in [0.1, 0.15) is 5.76 Å². The number of rotatable bonds is 3. The standard InChI is InChI=1S/C15H16N4O2/c1-9(2)19-14-11(7-17-19)6-12(8-16-14)18-15(20)13-4-5-21-10(13)3/h4-9H,1-3H3,(H,18,20). The molecule has 0 fully saturated rings. The van der Waals surface area contributed by atoms with Crippen molar-refractivity contribution in [2.75, 3.05) is 5.32 Å². The lowest BCUT2D eigenvalue weighted by molar-refractivity contribution is 0.102. The number of carbonyl (C=O) groups excluding carboxylic acids is 1. The average Bonchev–Trinajstić information content (AvgIpc) is 3.04. The van der Waals surface area contributed by atoms with Gasteiger partial charge in [0, 0.05) is 11.4 Å². The fourth-order valence-corrected chi connectivity index (χ4v) is 2.21. The Balaban J connectivity index is 1.88. The second-order valence-electron chi connectivity index (χ2n) is 5.16. The van der Waals surface area contributed by atoms with Crippen LogP contribution in [0.15, 0.2) is 35.2 Å². The number of carbonyl (C=O) groups is 1. The highest BCUT2D eigenvalue weighted by Crippen LogP contribution is 2.20. The second kappa shape index (κ2) is 5.05. The molecular weight excluding hydrogens is 268 g/mol. The number of pyridine rings is 1. The monoisotopic (exact) mass is 284 g/mol. The molecule has 3 aromatic rings. The van der Waals surface area contributed by atoms with Gasteiger partial charge in [-0.1, -0.05) is 0 Å². The SMILES string of the molecule is Cc1occc1C(=O)Nc1cnc2c(cnn2C(C)C)c1. The van der Waals surface area contributed by atoms with Crippen LogP contribution < -0.4 is 5.32 Å². The number of furan rings is 1. The average molecular weight is 284 g/mol. The molecule has 6 nitrogen and oxygen atoms in total. The first-order valence-electron chi connectivity index (χ1n) is 6.75. The maximum atomic E-state index is 12.1. The van der Waals surface area contributed by atoms with Crippen LogP contribution >= 0.6 is 0 Å². The fraction of sp³-hybridized carbons (Fsp3) is 0.267. The van der Waals surface area contributed by atoms with E-state index in [-0.39, 0.29) is 11.9 Å². The molecule has 3 aromatic heterocycles. The van der Waals surface area contributed by atoms with Crippen molar-refractivity contribution in [3.8, 4) is 0 Å². The Morgan fingerprint density at radius 2 is 2.19 bits per heavy atom. The van der Waals surface area contributed by atoms with E-state index >= 15 is 0 Å². The van der Waals surface area contributed by atoms with Crippen molar-refractivity contribution in [1.82, 2.24) is 14.8 Å². The molecule has 0 aliphatic heterocycles. The topological polar surface area (TPSA) is 73.0 Å². The highest BCUT2D eigenvalue weighted by molar-refractivity contribution is 6.05. The third-order valence-corrected chi connectivity index (χ3v) is 3.28. The molecule has 0 saturated carbocycles. The van der Waals surface area contributed by atoms with Crippen molar-refractivity contribution in [2.24, 2.45) is 0 Å². The number of hydrogen-bond acceptors (Lipinski definition) is 4. The number of nitrogens with zero attached hydrogens (tertiary/aromatic N) is 3. The summed E-state index contributed by atoms with van der Waals surface area (Å²) < 4.78 is 6.98. The minimum Gasteiger partial charge on any atom is -0.469 e. The third-order valence-electron chi connectivity index (χ3n) is 3.28. The van der Waals surface area contributed by atoms with E-state index < -0.39 is 0 Å². The number of nitrogens with one attached hydrogen (secondary N) is 1. The van der Waals surface area contributed by atoms with Crippen molar-refractivity contribution in [1.29, 1.82) is 0 Å². The molecule has 0 atom stereocenters. The third kappa shape index (κ3) is 2.40. The van der Waals surface area contributed by atoms with Crippen LogP contribution in [0.1, 0.15) is 36.0 Å². The van der Waals surface area contributed by atoms with Crippen molar-refractivity contribution >= 4 is 22.6 Å². The van der Waals surface area contributed by atoms with Crippen LogP contribution in [-0.2, 0) is 0 Å². The molecule has 1 N–H and O–H groups in total. The smallest absolute Gasteiger partial charge is 0.259 e. The number of amides is 1. The van der Waals surface area contributed by atoms with Gasteiger partial charge in [0.25, 0.3) is 5.91 Å². The minimum atomic E-state index is -0.210. The maximum Gasteiger partial charge on any atom is 0.259 e. The first kappa shape index (κ1) is 13.4. The lowest BCUT2D eigenvalue weighted by Gasteiger charge is -2.07. The van der Waals surface area contributed by atoms with E-state index in [9.17, 15) is 4.79 Å². The molecule has 6 heteroatoms. The Kier molecular flexibility index (Phi) is 3.21. The quantitative estimate of drug-likeness (QED) is 0.801. The fourth-order valence-electron chi connectivity index (χ4n) is 2.21. The van der Waals surface area contributed by atoms with Gasteiger partial charge in [-0.15, -0.1) is 0 Å². The molecule has 21 heavy (non-hydrogen) atoms. The van der Waals surface area contributed by atoms with E-state index in [0.29, 0.717) is 17.0 Å². The van der Waals surface area contributed by atoms with Crippen LogP contribution in [0.2, 0.25) is 0 Å². The highest BCUT2D eigenvalue weighted by Gasteiger charge is 2.13. The van der Waals surface area contributed by atoms with E-state index in [4.69, 9.17) is 4.42 Å². The van der Waals surface area contributed by atoms with Crippen LogP contribution in [0.5, 0.6) is 0 Å². The van der Waals surface area contributed by atoms with E-state index in [1.807, 2.05) is 24.6 Å². The zero-order valence-electron chi connectivity index (χ0n) is 12.1. The summed E-state index contributed by atoms with van der Waals surface area (Å²) in [6, 6.07) is 3.75. The zero-order valence-corrected chi connectivity index (χ0v) is 12.1. The molecule has 0 saturated heterocycles. The van der Waals surface area contributed by atoms with Crippen molar-refractivity contribution < 1.29 is 9.21 Å². The number of hydrogen-bond donors (Lipinski definition) is 1. The van der Waals surface area contributed by atoms with E-state index in [0.717, 1.165) is 11.0 Å². The summed E-state index contributed by atoms with van der Waals surface area (Å²) in [5.74, 6) is 0.382. The molecule has 0 unspecified atom stereocenters. The van der Waals surface area contributed by atoms with Gasteiger partial charge in [-0.3, -0.25) is 4.79 Å². The number of aryl methyl sites for hydroxylation is 1. The van der Waals surface area contributed by atoms with Crippen molar-refractivity contribution in [2.45, 2.75) is 26.8 Å². The van der Waals surface area contributed by atoms with Crippen LogP contribution in [-0.4, -0.2) is 20.7 Å². The lowest BCUT2D eigenvalue weighted by Crippen LogP contribution is -2.12. The zero-order chi connectivity index (χ0) is 15.0. The normalized spacial score (nSPS) is 11.2. The van der Waals surface area contributed by atoms with Crippen LogP contribution in [0, 0.1) is 6.92 Å². The molecule has 3 rings (SSSR count). The number of aromatic nitrogens is 3. The Labute approximate surface area is 121 Å². The van der Waals surface area contributed by atoms with Crippen LogP contribution in [0.25, 0.3) is 11.0 Å². The Morgan fingerprint density at radius 3 is 2.86 bits per heavy atom. The van der Waals surface area contributed by atoms with Gasteiger partial charge in [0.2, 0.25) is 0 Å². The van der Waals surface area contributed by atoms with Gasteiger partial charge in [-0.25, -0.2) is 9.67 Å². The summed E-state index contributed by atoms with van der Waals surface area (Å²) in [5.41, 5.74) is 1.96. The van der Waals surface area contributed by atoms with E-state index in [2.05, 4.69) is 15.4 Å².